The lowest BCUT2D eigenvalue weighted by Crippen LogP contribution is -2.52. The molecule has 2 rings (SSSR count). The van der Waals surface area contributed by atoms with Gasteiger partial charge < -0.3 is 15.5 Å². The Balaban J connectivity index is 0.00000392. The molecular weight excluding hydrogens is 485 g/mol. The van der Waals surface area contributed by atoms with Gasteiger partial charge in [0.25, 0.3) is 0 Å². The van der Waals surface area contributed by atoms with Crippen molar-refractivity contribution in [3.63, 3.8) is 0 Å². The van der Waals surface area contributed by atoms with Crippen molar-refractivity contribution in [1.29, 1.82) is 0 Å². The molecule has 0 amide bonds. The summed E-state index contributed by atoms with van der Waals surface area (Å²) in [4.78, 5) is 9.89. The molecule has 2 N–H and O–H groups in total. The van der Waals surface area contributed by atoms with E-state index in [-0.39, 0.29) is 24.0 Å². The quantitative estimate of drug-likeness (QED) is 0.313. The van der Waals surface area contributed by atoms with E-state index in [1.807, 2.05) is 18.2 Å². The number of aliphatic imine (C=N–C) groups is 1. The first kappa shape index (κ1) is 25.5. The number of halogens is 2. The molecule has 1 unspecified atom stereocenters. The summed E-state index contributed by atoms with van der Waals surface area (Å²) >= 11 is 6.07. The van der Waals surface area contributed by atoms with Crippen LogP contribution in [0, 0.1) is 5.92 Å². The van der Waals surface area contributed by atoms with E-state index in [0.717, 1.165) is 63.2 Å². The van der Waals surface area contributed by atoms with E-state index in [1.165, 1.54) is 5.56 Å². The molecular formula is C21H37ClIN5. The van der Waals surface area contributed by atoms with E-state index in [1.54, 1.807) is 0 Å². The van der Waals surface area contributed by atoms with Crippen LogP contribution in [0.4, 0.5) is 0 Å². The molecule has 160 valence electrons. The van der Waals surface area contributed by atoms with E-state index < -0.39 is 0 Å². The average Bonchev–Trinajstić information content (AvgIpc) is 2.63. The Bertz CT molecular complexity index is 588. The Hall–Kier alpha value is -0.570. The van der Waals surface area contributed by atoms with Gasteiger partial charge in [-0.1, -0.05) is 37.6 Å². The van der Waals surface area contributed by atoms with Gasteiger partial charge in [-0.15, -0.1) is 24.0 Å². The molecule has 0 bridgehead atoms. The minimum atomic E-state index is 0. The van der Waals surface area contributed by atoms with Crippen LogP contribution in [0.2, 0.25) is 5.02 Å². The van der Waals surface area contributed by atoms with Gasteiger partial charge in [0.05, 0.1) is 6.54 Å². The number of nitrogens with one attached hydrogen (secondary N) is 2. The van der Waals surface area contributed by atoms with E-state index in [4.69, 9.17) is 16.6 Å². The Labute approximate surface area is 193 Å². The lowest BCUT2D eigenvalue weighted by Gasteiger charge is -2.39. The molecule has 0 aromatic heterocycles. The summed E-state index contributed by atoms with van der Waals surface area (Å²) in [5, 5.41) is 7.62. The third-order valence-electron chi connectivity index (χ3n) is 5.15. The maximum atomic E-state index is 6.07. The van der Waals surface area contributed by atoms with Gasteiger partial charge in [0.1, 0.15) is 0 Å². The van der Waals surface area contributed by atoms with Crippen molar-refractivity contribution in [3.8, 4) is 0 Å². The number of likely N-dealkylation sites (N-methyl/N-ethyl adjacent to an activating group) is 1. The second kappa shape index (κ2) is 13.6. The average molecular weight is 522 g/mol. The van der Waals surface area contributed by atoms with Crippen molar-refractivity contribution in [2.24, 2.45) is 10.9 Å². The summed E-state index contributed by atoms with van der Waals surface area (Å²) in [5.41, 5.74) is 1.24. The second-order valence-electron chi connectivity index (χ2n) is 7.68. The Kier molecular flexibility index (Phi) is 12.4. The molecule has 1 aliphatic heterocycles. The van der Waals surface area contributed by atoms with Crippen molar-refractivity contribution in [1.82, 2.24) is 20.4 Å². The first-order chi connectivity index (χ1) is 13.0. The highest BCUT2D eigenvalue weighted by molar-refractivity contribution is 14.0. The number of guanidine groups is 1. The number of rotatable bonds is 8. The van der Waals surface area contributed by atoms with E-state index in [2.05, 4.69) is 54.3 Å². The number of benzene rings is 1. The van der Waals surface area contributed by atoms with Gasteiger partial charge in [-0.3, -0.25) is 9.89 Å². The fourth-order valence-corrected chi connectivity index (χ4v) is 3.66. The van der Waals surface area contributed by atoms with Gasteiger partial charge in [0.2, 0.25) is 0 Å². The van der Waals surface area contributed by atoms with Crippen LogP contribution in [-0.4, -0.2) is 74.7 Å². The maximum Gasteiger partial charge on any atom is 0.191 e. The van der Waals surface area contributed by atoms with Crippen molar-refractivity contribution < 1.29 is 0 Å². The largest absolute Gasteiger partial charge is 0.357 e. The van der Waals surface area contributed by atoms with Crippen molar-refractivity contribution >= 4 is 41.5 Å². The summed E-state index contributed by atoms with van der Waals surface area (Å²) in [7, 11) is 2.20. The van der Waals surface area contributed by atoms with E-state index in [0.29, 0.717) is 12.0 Å². The molecule has 1 aliphatic rings. The summed E-state index contributed by atoms with van der Waals surface area (Å²) in [6.45, 7) is 13.8. The molecule has 0 radical (unpaired) electrons. The SMILES string of the molecule is CCNC(=NCC(C(C)C)N1CCN(C)CC1)NCCc1cccc(Cl)c1.I. The predicted octanol–water partition coefficient (Wildman–Crippen LogP) is 3.33. The highest BCUT2D eigenvalue weighted by Crippen LogP contribution is 2.14. The highest BCUT2D eigenvalue weighted by atomic mass is 127. The third kappa shape index (κ3) is 8.84. The zero-order valence-electron chi connectivity index (χ0n) is 17.7. The maximum absolute atomic E-state index is 6.07. The van der Waals surface area contributed by atoms with Crippen LogP contribution in [-0.2, 0) is 6.42 Å². The molecule has 1 heterocycles. The first-order valence-corrected chi connectivity index (χ1v) is 10.6. The van der Waals surface area contributed by atoms with E-state index >= 15 is 0 Å². The zero-order valence-corrected chi connectivity index (χ0v) is 20.8. The molecule has 1 atom stereocenters. The number of piperazine rings is 1. The lowest BCUT2D eigenvalue weighted by molar-refractivity contribution is 0.0925. The molecule has 1 fully saturated rings. The minimum Gasteiger partial charge on any atom is -0.357 e. The Morgan fingerprint density at radius 3 is 2.50 bits per heavy atom. The molecule has 7 heteroatoms. The van der Waals surface area contributed by atoms with Crippen molar-refractivity contribution in [2.75, 3.05) is 52.9 Å². The molecule has 1 aromatic carbocycles. The zero-order chi connectivity index (χ0) is 19.6. The van der Waals surface area contributed by atoms with Gasteiger partial charge in [-0.05, 0) is 44.0 Å². The van der Waals surface area contributed by atoms with Crippen LogP contribution in [0.3, 0.4) is 0 Å². The smallest absolute Gasteiger partial charge is 0.191 e. The van der Waals surface area contributed by atoms with Crippen LogP contribution in [0.1, 0.15) is 26.3 Å². The summed E-state index contributed by atoms with van der Waals surface area (Å²) in [5.74, 6) is 1.49. The van der Waals surface area contributed by atoms with Gasteiger partial charge in [0, 0.05) is 50.3 Å². The molecule has 1 aromatic rings. The molecule has 0 spiro atoms. The normalized spacial score (nSPS) is 17.3. The van der Waals surface area contributed by atoms with Crippen molar-refractivity contribution in [3.05, 3.63) is 34.9 Å². The minimum absolute atomic E-state index is 0. The summed E-state index contributed by atoms with van der Waals surface area (Å²) in [6.07, 6.45) is 0.928. The van der Waals surface area contributed by atoms with Crippen molar-refractivity contribution in [2.45, 2.75) is 33.2 Å². The first-order valence-electron chi connectivity index (χ1n) is 10.2. The topological polar surface area (TPSA) is 42.9 Å². The number of nitrogens with zero attached hydrogens (tertiary/aromatic N) is 3. The predicted molar refractivity (Wildman–Crippen MR) is 132 cm³/mol. The molecule has 5 nitrogen and oxygen atoms in total. The van der Waals surface area contributed by atoms with Gasteiger partial charge in [-0.25, -0.2) is 0 Å². The Morgan fingerprint density at radius 1 is 1.18 bits per heavy atom. The van der Waals surface area contributed by atoms with Gasteiger partial charge in [-0.2, -0.15) is 0 Å². The monoisotopic (exact) mass is 521 g/mol. The second-order valence-corrected chi connectivity index (χ2v) is 8.11. The van der Waals surface area contributed by atoms with Crippen LogP contribution in [0.15, 0.2) is 29.3 Å². The summed E-state index contributed by atoms with van der Waals surface area (Å²) < 4.78 is 0. The van der Waals surface area contributed by atoms with Crippen LogP contribution >= 0.6 is 35.6 Å². The number of hydrogen-bond acceptors (Lipinski definition) is 3. The van der Waals surface area contributed by atoms with E-state index in [9.17, 15) is 0 Å². The molecule has 0 aliphatic carbocycles. The summed E-state index contributed by atoms with van der Waals surface area (Å²) in [6, 6.07) is 8.53. The fraction of sp³-hybridized carbons (Fsp3) is 0.667. The van der Waals surface area contributed by atoms with Crippen LogP contribution in [0.25, 0.3) is 0 Å². The third-order valence-corrected chi connectivity index (χ3v) is 5.39. The Morgan fingerprint density at radius 2 is 1.89 bits per heavy atom. The molecule has 1 saturated heterocycles. The van der Waals surface area contributed by atoms with Crippen LogP contribution < -0.4 is 10.6 Å². The number of hydrogen-bond donors (Lipinski definition) is 2. The molecule has 28 heavy (non-hydrogen) atoms. The fourth-order valence-electron chi connectivity index (χ4n) is 3.45. The molecule has 0 saturated carbocycles. The lowest BCUT2D eigenvalue weighted by atomic mass is 10.0. The van der Waals surface area contributed by atoms with Gasteiger partial charge in [0.15, 0.2) is 5.96 Å². The standard InChI is InChI=1S/C21H36ClN5.HI/c1-5-23-21(24-10-9-18-7-6-8-19(22)15-18)25-16-20(17(2)3)27-13-11-26(4)12-14-27;/h6-8,15,17,20H,5,9-14,16H2,1-4H3,(H2,23,24,25);1H. The van der Waals surface area contributed by atoms with Gasteiger partial charge >= 0.3 is 0 Å². The van der Waals surface area contributed by atoms with Crippen LogP contribution in [0.5, 0.6) is 0 Å². The highest BCUT2D eigenvalue weighted by Gasteiger charge is 2.24.